The highest BCUT2D eigenvalue weighted by atomic mass is 35.5. The van der Waals surface area contributed by atoms with E-state index >= 15 is 0 Å². The first kappa shape index (κ1) is 14.6. The lowest BCUT2D eigenvalue weighted by molar-refractivity contribution is -0.149. The Bertz CT molecular complexity index is 535. The van der Waals surface area contributed by atoms with Crippen molar-refractivity contribution in [1.29, 1.82) is 0 Å². The molecule has 0 radical (unpaired) electrons. The number of hydrogen-bond acceptors (Lipinski definition) is 4. The lowest BCUT2D eigenvalue weighted by atomic mass is 10.1. The van der Waals surface area contributed by atoms with Crippen LogP contribution in [0.25, 0.3) is 0 Å². The summed E-state index contributed by atoms with van der Waals surface area (Å²) in [7, 11) is 0. The number of carboxylic acids is 1. The first-order valence-electron chi connectivity index (χ1n) is 6.19. The van der Waals surface area contributed by atoms with Crippen molar-refractivity contribution in [2.24, 2.45) is 5.73 Å². The average Bonchev–Trinajstić information content (AvgIpc) is 2.85. The second-order valence-corrected chi connectivity index (χ2v) is 5.03. The molecule has 2 atom stereocenters. The van der Waals surface area contributed by atoms with Gasteiger partial charge < -0.3 is 20.9 Å². The Morgan fingerprint density at radius 3 is 2.80 bits per heavy atom. The molecule has 6 nitrogen and oxygen atoms in total. The van der Waals surface area contributed by atoms with Crippen molar-refractivity contribution in [3.8, 4) is 0 Å². The topological polar surface area (TPSA) is 102 Å². The Morgan fingerprint density at radius 2 is 2.20 bits per heavy atom. The molecule has 4 N–H and O–H groups in total. The van der Waals surface area contributed by atoms with Gasteiger partial charge in [-0.3, -0.25) is 4.79 Å². The molecule has 0 bridgehead atoms. The third-order valence-electron chi connectivity index (χ3n) is 3.15. The zero-order valence-electron chi connectivity index (χ0n) is 10.6. The van der Waals surface area contributed by atoms with Crippen LogP contribution in [-0.4, -0.2) is 35.7 Å². The van der Waals surface area contributed by atoms with Crippen LogP contribution < -0.4 is 11.1 Å². The molecule has 0 aromatic heterocycles. The van der Waals surface area contributed by atoms with E-state index in [9.17, 15) is 9.59 Å². The Hall–Kier alpha value is -1.79. The first-order chi connectivity index (χ1) is 9.47. The fraction of sp³-hybridized carbons (Fsp3) is 0.385. The summed E-state index contributed by atoms with van der Waals surface area (Å²) >= 11 is 5.88. The molecule has 1 aromatic carbocycles. The van der Waals surface area contributed by atoms with Gasteiger partial charge in [-0.25, -0.2) is 4.79 Å². The van der Waals surface area contributed by atoms with Crippen LogP contribution in [0.4, 0.5) is 5.69 Å². The van der Waals surface area contributed by atoms with E-state index in [2.05, 4.69) is 5.32 Å². The van der Waals surface area contributed by atoms with Crippen molar-refractivity contribution in [2.75, 3.05) is 11.9 Å². The number of nitrogens with one attached hydrogen (secondary N) is 1. The Labute approximate surface area is 120 Å². The number of nitrogens with two attached hydrogens (primary N) is 1. The number of benzene rings is 1. The molecular formula is C13H15ClN2O4. The SMILES string of the molecule is NC(=O)c1ccc(Cl)cc1NCC1CCC(C(=O)O)O1. The van der Waals surface area contributed by atoms with E-state index in [1.807, 2.05) is 0 Å². The van der Waals surface area contributed by atoms with Gasteiger partial charge in [-0.1, -0.05) is 11.6 Å². The molecule has 20 heavy (non-hydrogen) atoms. The van der Waals surface area contributed by atoms with Crippen LogP contribution in [0, 0.1) is 0 Å². The van der Waals surface area contributed by atoms with Gasteiger partial charge in [-0.15, -0.1) is 0 Å². The summed E-state index contributed by atoms with van der Waals surface area (Å²) in [4.78, 5) is 22.1. The second-order valence-electron chi connectivity index (χ2n) is 4.60. The molecule has 7 heteroatoms. The summed E-state index contributed by atoms with van der Waals surface area (Å²) in [6.07, 6.45) is 0.170. The molecule has 1 aliphatic rings. The molecule has 0 aliphatic carbocycles. The molecule has 1 heterocycles. The minimum Gasteiger partial charge on any atom is -0.479 e. The molecule has 1 aromatic rings. The summed E-state index contributed by atoms with van der Waals surface area (Å²) in [5.74, 6) is -1.51. The van der Waals surface area contributed by atoms with Gasteiger partial charge in [0, 0.05) is 17.3 Å². The standard InChI is InChI=1S/C13H15ClN2O4/c14-7-1-3-9(12(15)17)10(5-7)16-6-8-2-4-11(20-8)13(18)19/h1,3,5,8,11,16H,2,4,6H2,(H2,15,17)(H,18,19). The van der Waals surface area contributed by atoms with Crippen LogP contribution in [0.1, 0.15) is 23.2 Å². The van der Waals surface area contributed by atoms with Gasteiger partial charge >= 0.3 is 5.97 Å². The van der Waals surface area contributed by atoms with E-state index in [1.165, 1.54) is 0 Å². The quantitative estimate of drug-likeness (QED) is 0.764. The molecule has 108 valence electrons. The van der Waals surface area contributed by atoms with Gasteiger partial charge in [0.15, 0.2) is 6.10 Å². The third kappa shape index (κ3) is 3.40. The van der Waals surface area contributed by atoms with Gasteiger partial charge in [-0.05, 0) is 31.0 Å². The maximum absolute atomic E-state index is 11.3. The van der Waals surface area contributed by atoms with Crippen LogP contribution in [0.5, 0.6) is 0 Å². The molecule has 1 saturated heterocycles. The lowest BCUT2D eigenvalue weighted by Gasteiger charge is -2.15. The number of hydrogen-bond donors (Lipinski definition) is 3. The van der Waals surface area contributed by atoms with Crippen molar-refractivity contribution in [3.05, 3.63) is 28.8 Å². The minimum absolute atomic E-state index is 0.212. The van der Waals surface area contributed by atoms with Crippen LogP contribution in [0.15, 0.2) is 18.2 Å². The lowest BCUT2D eigenvalue weighted by Crippen LogP contribution is -2.25. The molecule has 0 spiro atoms. The number of rotatable bonds is 5. The molecule has 1 aliphatic heterocycles. The summed E-state index contributed by atoms with van der Waals surface area (Å²) in [5.41, 5.74) is 6.14. The van der Waals surface area contributed by atoms with Crippen LogP contribution >= 0.6 is 11.6 Å². The van der Waals surface area contributed by atoms with Crippen molar-refractivity contribution >= 4 is 29.2 Å². The smallest absolute Gasteiger partial charge is 0.332 e. The number of aliphatic carboxylic acids is 1. The number of anilines is 1. The average molecular weight is 299 g/mol. The van der Waals surface area contributed by atoms with Crippen molar-refractivity contribution < 1.29 is 19.4 Å². The van der Waals surface area contributed by atoms with Gasteiger partial charge in [0.2, 0.25) is 0 Å². The van der Waals surface area contributed by atoms with Crippen LogP contribution in [0.3, 0.4) is 0 Å². The van der Waals surface area contributed by atoms with E-state index < -0.39 is 18.0 Å². The van der Waals surface area contributed by atoms with E-state index in [4.69, 9.17) is 27.2 Å². The number of carbonyl (C=O) groups is 2. The van der Waals surface area contributed by atoms with Crippen molar-refractivity contribution in [3.63, 3.8) is 0 Å². The molecule has 0 saturated carbocycles. The van der Waals surface area contributed by atoms with Crippen LogP contribution in [0.2, 0.25) is 5.02 Å². The number of amides is 1. The molecule has 1 fully saturated rings. The Balaban J connectivity index is 1.99. The zero-order chi connectivity index (χ0) is 14.7. The number of carboxylic acid groups (broad SMARTS) is 1. The highest BCUT2D eigenvalue weighted by Crippen LogP contribution is 2.23. The van der Waals surface area contributed by atoms with Crippen molar-refractivity contribution in [1.82, 2.24) is 0 Å². The van der Waals surface area contributed by atoms with Gasteiger partial charge in [-0.2, -0.15) is 0 Å². The second kappa shape index (κ2) is 6.11. The monoisotopic (exact) mass is 298 g/mol. The summed E-state index contributed by atoms with van der Waals surface area (Å²) < 4.78 is 5.36. The number of primary amides is 1. The fourth-order valence-corrected chi connectivity index (χ4v) is 2.31. The van der Waals surface area contributed by atoms with Crippen LogP contribution in [-0.2, 0) is 9.53 Å². The molecule has 2 rings (SSSR count). The largest absolute Gasteiger partial charge is 0.479 e. The van der Waals surface area contributed by atoms with E-state index in [0.29, 0.717) is 35.7 Å². The number of halogens is 1. The summed E-state index contributed by atoms with van der Waals surface area (Å²) in [6, 6.07) is 4.73. The van der Waals surface area contributed by atoms with E-state index in [-0.39, 0.29) is 6.10 Å². The predicted octanol–water partition coefficient (Wildman–Crippen LogP) is 1.48. The number of ether oxygens (including phenoxy) is 1. The van der Waals surface area contributed by atoms with Gasteiger partial charge in [0.1, 0.15) is 0 Å². The van der Waals surface area contributed by atoms with Gasteiger partial charge in [0.25, 0.3) is 5.91 Å². The molecule has 1 amide bonds. The first-order valence-corrected chi connectivity index (χ1v) is 6.56. The normalized spacial score (nSPS) is 21.6. The molecular weight excluding hydrogens is 284 g/mol. The predicted molar refractivity (Wildman–Crippen MR) is 74.0 cm³/mol. The number of carbonyl (C=O) groups excluding carboxylic acids is 1. The minimum atomic E-state index is -0.951. The fourth-order valence-electron chi connectivity index (χ4n) is 2.14. The highest BCUT2D eigenvalue weighted by Gasteiger charge is 2.30. The van der Waals surface area contributed by atoms with E-state index in [0.717, 1.165) is 0 Å². The Kier molecular flexibility index (Phi) is 4.46. The van der Waals surface area contributed by atoms with E-state index in [1.54, 1.807) is 18.2 Å². The maximum atomic E-state index is 11.3. The maximum Gasteiger partial charge on any atom is 0.332 e. The van der Waals surface area contributed by atoms with Crippen molar-refractivity contribution in [2.45, 2.75) is 25.0 Å². The molecule has 2 unspecified atom stereocenters. The highest BCUT2D eigenvalue weighted by molar-refractivity contribution is 6.31. The summed E-state index contributed by atoms with van der Waals surface area (Å²) in [6.45, 7) is 0.393. The summed E-state index contributed by atoms with van der Waals surface area (Å²) in [5, 5.41) is 12.4. The zero-order valence-corrected chi connectivity index (χ0v) is 11.4. The van der Waals surface area contributed by atoms with Gasteiger partial charge in [0.05, 0.1) is 11.7 Å². The third-order valence-corrected chi connectivity index (χ3v) is 3.39. The Morgan fingerprint density at radius 1 is 1.45 bits per heavy atom.